The topological polar surface area (TPSA) is 38.3 Å². The maximum Gasteiger partial charge on any atom is 0.238 e. The number of hydrogen-bond donors (Lipinski definition) is 1. The number of carbonyl (C=O) groups is 1. The van der Waals surface area contributed by atoms with Gasteiger partial charge in [-0.3, -0.25) is 4.79 Å². The molecule has 3 nitrogen and oxygen atoms in total. The molecule has 2 rings (SSSR count). The summed E-state index contributed by atoms with van der Waals surface area (Å²) in [5, 5.41) is 2.51. The van der Waals surface area contributed by atoms with E-state index in [0.717, 1.165) is 12.5 Å². The number of amides is 1. The Hall–Kier alpha value is -0.280. The van der Waals surface area contributed by atoms with Gasteiger partial charge in [0.25, 0.3) is 0 Å². The van der Waals surface area contributed by atoms with Gasteiger partial charge >= 0.3 is 0 Å². The maximum absolute atomic E-state index is 11.4. The molecule has 0 radical (unpaired) electrons. The van der Waals surface area contributed by atoms with Crippen molar-refractivity contribution in [2.45, 2.75) is 31.2 Å². The van der Waals surface area contributed by atoms with Crippen LogP contribution >= 0.6 is 11.6 Å². The lowest BCUT2D eigenvalue weighted by Gasteiger charge is -2.19. The van der Waals surface area contributed by atoms with Crippen LogP contribution in [-0.2, 0) is 9.53 Å². The minimum Gasteiger partial charge on any atom is -0.379 e. The van der Waals surface area contributed by atoms with Crippen LogP contribution in [-0.4, -0.2) is 30.5 Å². The Balaban J connectivity index is 1.86. The largest absolute Gasteiger partial charge is 0.379 e. The van der Waals surface area contributed by atoms with Crippen molar-refractivity contribution >= 4 is 17.5 Å². The molecular weight excluding hydrogens is 202 g/mol. The van der Waals surface area contributed by atoms with Crippen molar-refractivity contribution in [2.75, 3.05) is 13.2 Å². The number of halogens is 1. The first-order valence-corrected chi connectivity index (χ1v) is 5.64. The average Bonchev–Trinajstić information content (AvgIpc) is 2.88. The van der Waals surface area contributed by atoms with E-state index in [0.29, 0.717) is 12.5 Å². The first-order valence-electron chi connectivity index (χ1n) is 5.20. The lowest BCUT2D eigenvalue weighted by Crippen LogP contribution is -2.43. The van der Waals surface area contributed by atoms with Crippen molar-refractivity contribution in [1.29, 1.82) is 0 Å². The lowest BCUT2D eigenvalue weighted by atomic mass is 9.98. The van der Waals surface area contributed by atoms with Crippen molar-refractivity contribution < 1.29 is 9.53 Å². The van der Waals surface area contributed by atoms with Gasteiger partial charge in [-0.05, 0) is 25.7 Å². The Morgan fingerprint density at radius 2 is 2.21 bits per heavy atom. The molecule has 1 saturated heterocycles. The van der Waals surface area contributed by atoms with Crippen molar-refractivity contribution in [1.82, 2.24) is 5.32 Å². The van der Waals surface area contributed by atoms with Gasteiger partial charge in [0.05, 0.1) is 19.3 Å². The molecule has 4 heteroatoms. The Kier molecular flexibility index (Phi) is 2.98. The predicted molar refractivity (Wildman–Crippen MR) is 54.3 cm³/mol. The molecule has 0 aromatic heterocycles. The van der Waals surface area contributed by atoms with Gasteiger partial charge in [0.2, 0.25) is 5.91 Å². The molecule has 2 aliphatic rings. The van der Waals surface area contributed by atoms with Crippen LogP contribution in [0.1, 0.15) is 19.8 Å². The Bertz CT molecular complexity index is 228. The third-order valence-corrected chi connectivity index (χ3v) is 3.24. The molecule has 0 spiro atoms. The van der Waals surface area contributed by atoms with Crippen molar-refractivity contribution in [2.24, 2.45) is 11.8 Å². The van der Waals surface area contributed by atoms with Gasteiger partial charge in [0.15, 0.2) is 0 Å². The predicted octanol–water partition coefficient (Wildman–Crippen LogP) is 1.15. The Morgan fingerprint density at radius 1 is 1.50 bits per heavy atom. The SMILES string of the molecule is CC(Cl)C(=O)NC1COCC1C1CC1. The first-order chi connectivity index (χ1) is 6.68. The summed E-state index contributed by atoms with van der Waals surface area (Å²) >= 11 is 5.70. The Morgan fingerprint density at radius 3 is 2.79 bits per heavy atom. The summed E-state index contributed by atoms with van der Waals surface area (Å²) in [6.45, 7) is 3.14. The molecule has 14 heavy (non-hydrogen) atoms. The van der Waals surface area contributed by atoms with Crippen molar-refractivity contribution in [3.63, 3.8) is 0 Å². The van der Waals surface area contributed by atoms with E-state index in [1.807, 2.05) is 0 Å². The van der Waals surface area contributed by atoms with Crippen LogP contribution < -0.4 is 5.32 Å². The number of alkyl halides is 1. The zero-order valence-electron chi connectivity index (χ0n) is 8.33. The molecule has 1 aliphatic carbocycles. The lowest BCUT2D eigenvalue weighted by molar-refractivity contribution is -0.121. The van der Waals surface area contributed by atoms with E-state index < -0.39 is 5.38 Å². The van der Waals surface area contributed by atoms with Gasteiger partial charge in [0, 0.05) is 5.92 Å². The standard InChI is InChI=1S/C10H16ClNO2/c1-6(11)10(13)12-9-5-14-4-8(9)7-2-3-7/h6-9H,2-5H2,1H3,(H,12,13). The molecule has 1 saturated carbocycles. The molecule has 0 aromatic carbocycles. The number of nitrogens with one attached hydrogen (secondary N) is 1. The second-order valence-corrected chi connectivity index (χ2v) is 4.92. The van der Waals surface area contributed by atoms with Crippen LogP contribution in [0.25, 0.3) is 0 Å². The highest BCUT2D eigenvalue weighted by Gasteiger charge is 2.40. The summed E-state index contributed by atoms with van der Waals surface area (Å²) in [7, 11) is 0. The Labute approximate surface area is 89.1 Å². The molecule has 80 valence electrons. The summed E-state index contributed by atoms with van der Waals surface area (Å²) < 4.78 is 5.39. The van der Waals surface area contributed by atoms with Gasteiger partial charge in [-0.1, -0.05) is 0 Å². The minimum atomic E-state index is -0.449. The molecule has 3 unspecified atom stereocenters. The van der Waals surface area contributed by atoms with Gasteiger partial charge in [-0.2, -0.15) is 0 Å². The molecule has 2 fully saturated rings. The third kappa shape index (κ3) is 2.20. The number of rotatable bonds is 3. The number of ether oxygens (including phenoxy) is 1. The molecule has 1 aliphatic heterocycles. The summed E-state index contributed by atoms with van der Waals surface area (Å²) in [4.78, 5) is 11.4. The van der Waals surface area contributed by atoms with Crippen LogP contribution in [0.15, 0.2) is 0 Å². The smallest absolute Gasteiger partial charge is 0.238 e. The van der Waals surface area contributed by atoms with E-state index in [-0.39, 0.29) is 11.9 Å². The molecule has 3 atom stereocenters. The van der Waals surface area contributed by atoms with Crippen LogP contribution in [0.4, 0.5) is 0 Å². The fourth-order valence-electron chi connectivity index (χ4n) is 2.01. The quantitative estimate of drug-likeness (QED) is 0.721. The highest BCUT2D eigenvalue weighted by atomic mass is 35.5. The fourth-order valence-corrected chi connectivity index (χ4v) is 2.07. The first kappa shape index (κ1) is 10.2. The average molecular weight is 218 g/mol. The summed E-state index contributed by atoms with van der Waals surface area (Å²) in [5.74, 6) is 1.22. The molecule has 1 heterocycles. The molecule has 0 bridgehead atoms. The van der Waals surface area contributed by atoms with E-state index in [4.69, 9.17) is 16.3 Å². The second kappa shape index (κ2) is 4.07. The maximum atomic E-state index is 11.4. The van der Waals surface area contributed by atoms with E-state index in [9.17, 15) is 4.79 Å². The summed E-state index contributed by atoms with van der Waals surface area (Å²) in [5.41, 5.74) is 0. The molecule has 1 amide bonds. The van der Waals surface area contributed by atoms with Gasteiger partial charge < -0.3 is 10.1 Å². The summed E-state index contributed by atoms with van der Waals surface area (Å²) in [6.07, 6.45) is 2.58. The van der Waals surface area contributed by atoms with E-state index in [1.165, 1.54) is 12.8 Å². The highest BCUT2D eigenvalue weighted by Crippen LogP contribution is 2.40. The van der Waals surface area contributed by atoms with Gasteiger partial charge in [0.1, 0.15) is 5.38 Å². The van der Waals surface area contributed by atoms with E-state index >= 15 is 0 Å². The van der Waals surface area contributed by atoms with Crippen LogP contribution in [0.3, 0.4) is 0 Å². The highest BCUT2D eigenvalue weighted by molar-refractivity contribution is 6.30. The van der Waals surface area contributed by atoms with Crippen LogP contribution in [0.2, 0.25) is 0 Å². The number of carbonyl (C=O) groups excluding carboxylic acids is 1. The van der Waals surface area contributed by atoms with Crippen molar-refractivity contribution in [3.05, 3.63) is 0 Å². The van der Waals surface area contributed by atoms with Crippen molar-refractivity contribution in [3.8, 4) is 0 Å². The fraction of sp³-hybridized carbons (Fsp3) is 0.900. The molecule has 1 N–H and O–H groups in total. The number of hydrogen-bond acceptors (Lipinski definition) is 2. The third-order valence-electron chi connectivity index (χ3n) is 3.04. The van der Waals surface area contributed by atoms with Crippen LogP contribution in [0.5, 0.6) is 0 Å². The van der Waals surface area contributed by atoms with Gasteiger partial charge in [-0.15, -0.1) is 11.6 Å². The normalized spacial score (nSPS) is 34.1. The zero-order chi connectivity index (χ0) is 10.1. The monoisotopic (exact) mass is 217 g/mol. The van der Waals surface area contributed by atoms with Gasteiger partial charge in [-0.25, -0.2) is 0 Å². The van der Waals surface area contributed by atoms with E-state index in [2.05, 4.69) is 5.32 Å². The second-order valence-electron chi connectivity index (χ2n) is 4.27. The van der Waals surface area contributed by atoms with E-state index in [1.54, 1.807) is 6.92 Å². The molecule has 0 aromatic rings. The summed E-state index contributed by atoms with van der Waals surface area (Å²) in [6, 6.07) is 0.191. The minimum absolute atomic E-state index is 0.0761. The van der Waals surface area contributed by atoms with Crippen LogP contribution in [0, 0.1) is 11.8 Å². The zero-order valence-corrected chi connectivity index (χ0v) is 9.09. The molecular formula is C10H16ClNO2.